The van der Waals surface area contributed by atoms with E-state index in [9.17, 15) is 10.2 Å². The van der Waals surface area contributed by atoms with Crippen LogP contribution >= 0.6 is 0 Å². The van der Waals surface area contributed by atoms with Crippen molar-refractivity contribution in [1.29, 1.82) is 0 Å². The second-order valence-electron chi connectivity index (χ2n) is 10.4. The van der Waals surface area contributed by atoms with E-state index < -0.39 is 17.6 Å². The lowest BCUT2D eigenvalue weighted by molar-refractivity contribution is -0.0988. The van der Waals surface area contributed by atoms with E-state index in [-0.39, 0.29) is 17.9 Å². The Kier molecular flexibility index (Phi) is 5.34. The van der Waals surface area contributed by atoms with Gasteiger partial charge in [-0.05, 0) is 39.3 Å². The number of benzene rings is 2. The number of aromatic nitrogens is 3. The molecule has 1 aliphatic rings. The monoisotopic (exact) mass is 459 g/mol. The molecule has 4 atom stereocenters. The molecule has 2 aromatic carbocycles. The molecule has 1 aliphatic carbocycles. The molecule has 0 bridgehead atoms. The zero-order valence-corrected chi connectivity index (χ0v) is 20.6. The average molecular weight is 460 g/mol. The molecule has 4 aromatic rings. The van der Waals surface area contributed by atoms with Crippen LogP contribution in [0.1, 0.15) is 49.4 Å². The van der Waals surface area contributed by atoms with Crippen LogP contribution in [-0.2, 0) is 17.3 Å². The second-order valence-corrected chi connectivity index (χ2v) is 10.4. The lowest BCUT2D eigenvalue weighted by atomic mass is 9.62. The number of hydrogen-bond donors (Lipinski definition) is 2. The van der Waals surface area contributed by atoms with Crippen molar-refractivity contribution in [2.45, 2.75) is 57.3 Å². The Morgan fingerprint density at radius 2 is 1.56 bits per heavy atom. The van der Waals surface area contributed by atoms with Gasteiger partial charge in [0.1, 0.15) is 0 Å². The lowest BCUT2D eigenvalue weighted by Gasteiger charge is -2.48. The Balaban J connectivity index is 1.66. The number of nitrogens with zero attached hydrogens (tertiary/aromatic N) is 3. The number of fused-ring (bicyclic) bond motifs is 1. The Morgan fingerprint density at radius 1 is 0.941 bits per heavy atom. The predicted molar refractivity (Wildman–Crippen MR) is 134 cm³/mol. The molecule has 6 nitrogen and oxygen atoms in total. The molecular formula is C28H33N3O3. The second kappa shape index (κ2) is 8.00. The maximum absolute atomic E-state index is 11.6. The zero-order chi connectivity index (χ0) is 24.4. The van der Waals surface area contributed by atoms with Crippen molar-refractivity contribution >= 4 is 10.9 Å². The minimum atomic E-state index is -0.722. The third-order valence-corrected chi connectivity index (χ3v) is 7.41. The van der Waals surface area contributed by atoms with Gasteiger partial charge in [-0.1, -0.05) is 48.5 Å². The van der Waals surface area contributed by atoms with E-state index in [4.69, 9.17) is 9.84 Å². The fourth-order valence-corrected chi connectivity index (χ4v) is 5.63. The first-order chi connectivity index (χ1) is 16.2. The van der Waals surface area contributed by atoms with Gasteiger partial charge in [0, 0.05) is 48.2 Å². The molecule has 0 radical (unpaired) electrons. The number of aliphatic hydroxyl groups excluding tert-OH is 1. The van der Waals surface area contributed by atoms with E-state index in [0.29, 0.717) is 11.3 Å². The molecular weight excluding hydrogens is 426 g/mol. The van der Waals surface area contributed by atoms with E-state index in [2.05, 4.69) is 30.7 Å². The van der Waals surface area contributed by atoms with Gasteiger partial charge < -0.3 is 19.5 Å². The Morgan fingerprint density at radius 3 is 2.21 bits per heavy atom. The van der Waals surface area contributed by atoms with Crippen molar-refractivity contribution in [2.24, 2.45) is 7.05 Å². The number of methoxy groups -OCH3 is 1. The van der Waals surface area contributed by atoms with Crippen LogP contribution in [0.25, 0.3) is 22.2 Å². The summed E-state index contributed by atoms with van der Waals surface area (Å²) in [6.45, 7) is 8.11. The van der Waals surface area contributed by atoms with Crippen molar-refractivity contribution in [2.75, 3.05) is 7.11 Å². The van der Waals surface area contributed by atoms with E-state index in [1.807, 2.05) is 63.2 Å². The highest BCUT2D eigenvalue weighted by molar-refractivity contribution is 5.86. The summed E-state index contributed by atoms with van der Waals surface area (Å²) >= 11 is 0. The molecule has 34 heavy (non-hydrogen) atoms. The summed E-state index contributed by atoms with van der Waals surface area (Å²) in [6, 6.07) is 18.1. The van der Waals surface area contributed by atoms with Crippen LogP contribution < -0.4 is 0 Å². The Hall–Kier alpha value is -3.09. The van der Waals surface area contributed by atoms with Crippen LogP contribution in [0.4, 0.5) is 0 Å². The average Bonchev–Trinajstić information content (AvgIpc) is 3.28. The highest BCUT2D eigenvalue weighted by atomic mass is 16.5. The van der Waals surface area contributed by atoms with Gasteiger partial charge in [0.05, 0.1) is 29.0 Å². The summed E-state index contributed by atoms with van der Waals surface area (Å²) in [5.41, 5.74) is 5.18. The number of aromatic hydroxyl groups is 1. The van der Waals surface area contributed by atoms with Crippen molar-refractivity contribution in [3.63, 3.8) is 0 Å². The van der Waals surface area contributed by atoms with Gasteiger partial charge in [-0.25, -0.2) is 4.68 Å². The third kappa shape index (κ3) is 3.20. The third-order valence-electron chi connectivity index (χ3n) is 7.41. The standard InChI is InChI=1S/C28H33N3O3/c1-16-20(18-14-10-11-15-19(18)30(16)5)22-25(32)23(26(22)34-6)21-24(17-12-8-7-9-13-17)29-31(27(21)33)28(2,3)4/h7-15,22-23,25-26,32-33H,1-6H3. The number of aliphatic hydroxyl groups is 1. The maximum Gasteiger partial charge on any atom is 0.214 e. The highest BCUT2D eigenvalue weighted by Gasteiger charge is 2.55. The van der Waals surface area contributed by atoms with Gasteiger partial charge >= 0.3 is 0 Å². The molecule has 0 saturated heterocycles. The molecule has 0 spiro atoms. The van der Waals surface area contributed by atoms with E-state index in [0.717, 1.165) is 27.7 Å². The number of ether oxygens (including phenoxy) is 1. The largest absolute Gasteiger partial charge is 0.493 e. The highest BCUT2D eigenvalue weighted by Crippen LogP contribution is 2.56. The summed E-state index contributed by atoms with van der Waals surface area (Å²) in [4.78, 5) is 0. The molecule has 4 unspecified atom stereocenters. The summed E-state index contributed by atoms with van der Waals surface area (Å²) in [6.07, 6.45) is -1.02. The van der Waals surface area contributed by atoms with E-state index in [1.54, 1.807) is 11.8 Å². The molecule has 0 aliphatic heterocycles. The molecule has 1 saturated carbocycles. The van der Waals surface area contributed by atoms with Gasteiger partial charge in [0.2, 0.25) is 5.88 Å². The van der Waals surface area contributed by atoms with E-state index in [1.165, 1.54) is 0 Å². The van der Waals surface area contributed by atoms with Crippen molar-refractivity contribution in [3.05, 3.63) is 71.4 Å². The fraction of sp³-hybridized carbons (Fsp3) is 0.393. The van der Waals surface area contributed by atoms with Crippen LogP contribution in [0.3, 0.4) is 0 Å². The molecule has 2 heterocycles. The minimum Gasteiger partial charge on any atom is -0.493 e. The van der Waals surface area contributed by atoms with Crippen molar-refractivity contribution in [1.82, 2.24) is 14.3 Å². The van der Waals surface area contributed by atoms with Crippen molar-refractivity contribution in [3.8, 4) is 17.1 Å². The van der Waals surface area contributed by atoms with Crippen LogP contribution in [-0.4, -0.2) is 43.9 Å². The summed E-state index contributed by atoms with van der Waals surface area (Å²) < 4.78 is 9.85. The molecule has 2 N–H and O–H groups in total. The summed E-state index contributed by atoms with van der Waals surface area (Å²) in [5.74, 6) is -0.521. The van der Waals surface area contributed by atoms with Gasteiger partial charge in [0.15, 0.2) is 0 Å². The molecule has 178 valence electrons. The molecule has 1 fully saturated rings. The lowest BCUT2D eigenvalue weighted by Crippen LogP contribution is -2.53. The van der Waals surface area contributed by atoms with Crippen LogP contribution in [0.5, 0.6) is 5.88 Å². The normalized spacial score (nSPS) is 22.8. The Bertz CT molecular complexity index is 1350. The molecule has 2 aromatic heterocycles. The van der Waals surface area contributed by atoms with Gasteiger partial charge in [-0.15, -0.1) is 0 Å². The van der Waals surface area contributed by atoms with Crippen LogP contribution in [0, 0.1) is 6.92 Å². The Labute approximate surface area is 200 Å². The van der Waals surface area contributed by atoms with Gasteiger partial charge in [-0.3, -0.25) is 0 Å². The number of para-hydroxylation sites is 1. The first kappa shape index (κ1) is 22.7. The van der Waals surface area contributed by atoms with Gasteiger partial charge in [-0.2, -0.15) is 5.10 Å². The van der Waals surface area contributed by atoms with Gasteiger partial charge in [0.25, 0.3) is 0 Å². The minimum absolute atomic E-state index is 0.0885. The first-order valence-electron chi connectivity index (χ1n) is 11.8. The molecule has 5 rings (SSSR count). The number of rotatable bonds is 4. The predicted octanol–water partition coefficient (Wildman–Crippen LogP) is 5.07. The zero-order valence-electron chi connectivity index (χ0n) is 20.6. The summed E-state index contributed by atoms with van der Waals surface area (Å²) in [7, 11) is 3.74. The smallest absolute Gasteiger partial charge is 0.214 e. The van der Waals surface area contributed by atoms with E-state index >= 15 is 0 Å². The molecule has 6 heteroatoms. The maximum atomic E-state index is 11.6. The SMILES string of the molecule is COC1C(c2c(-c3ccccc3)nn(C(C)(C)C)c2O)C(O)C1c1c(C)n(C)c2ccccc12. The molecule has 0 amide bonds. The number of aryl methyl sites for hydroxylation is 1. The van der Waals surface area contributed by atoms with Crippen molar-refractivity contribution < 1.29 is 14.9 Å². The summed E-state index contributed by atoms with van der Waals surface area (Å²) in [5, 5.41) is 29.0. The quantitative estimate of drug-likeness (QED) is 0.447. The first-order valence-corrected chi connectivity index (χ1v) is 11.8. The fourth-order valence-electron chi connectivity index (χ4n) is 5.63. The topological polar surface area (TPSA) is 72.4 Å². The van der Waals surface area contributed by atoms with Crippen LogP contribution in [0.2, 0.25) is 0 Å². The number of hydrogen-bond acceptors (Lipinski definition) is 4. The van der Waals surface area contributed by atoms with Crippen LogP contribution in [0.15, 0.2) is 54.6 Å².